The number of hydrogen-bond donors (Lipinski definition) is 1. The van der Waals surface area contributed by atoms with Crippen LogP contribution < -0.4 is 19.7 Å². The highest BCUT2D eigenvalue weighted by molar-refractivity contribution is 6.34. The summed E-state index contributed by atoms with van der Waals surface area (Å²) in [5, 5.41) is 2.60. The molecule has 9 nitrogen and oxygen atoms in total. The Labute approximate surface area is 198 Å². The SMILES string of the molecule is O=C(COC(=O)c1ccc2c(c1)C(=O)N(c1ccc(F)cc1)C2=O)Nc1ccc2c(c1)OCCO2. The number of rotatable bonds is 5. The number of fused-ring (bicyclic) bond motifs is 2. The number of amides is 3. The van der Waals surface area contributed by atoms with Gasteiger partial charge in [0.15, 0.2) is 18.1 Å². The maximum atomic E-state index is 13.2. The quantitative estimate of drug-likeness (QED) is 0.445. The van der Waals surface area contributed by atoms with Crippen molar-refractivity contribution in [1.29, 1.82) is 0 Å². The Morgan fingerprint density at radius 1 is 0.886 bits per heavy atom. The molecule has 0 saturated carbocycles. The highest BCUT2D eigenvalue weighted by Gasteiger charge is 2.37. The third kappa shape index (κ3) is 4.29. The second-order valence-corrected chi connectivity index (χ2v) is 7.67. The topological polar surface area (TPSA) is 111 Å². The number of carbonyl (C=O) groups is 4. The lowest BCUT2D eigenvalue weighted by atomic mass is 10.1. The molecule has 3 amide bonds. The number of nitrogens with one attached hydrogen (secondary N) is 1. The van der Waals surface area contributed by atoms with Crippen molar-refractivity contribution >= 4 is 35.1 Å². The van der Waals surface area contributed by atoms with E-state index in [0.717, 1.165) is 17.0 Å². The molecule has 0 radical (unpaired) electrons. The molecule has 2 aliphatic heterocycles. The number of nitrogens with zero attached hydrogens (tertiary/aromatic N) is 1. The molecule has 5 rings (SSSR count). The third-order valence-electron chi connectivity index (χ3n) is 5.37. The van der Waals surface area contributed by atoms with E-state index < -0.39 is 36.1 Å². The zero-order chi connectivity index (χ0) is 24.5. The summed E-state index contributed by atoms with van der Waals surface area (Å²) in [6.07, 6.45) is 0. The number of esters is 1. The highest BCUT2D eigenvalue weighted by atomic mass is 19.1. The molecular weight excluding hydrogens is 459 g/mol. The number of anilines is 2. The van der Waals surface area contributed by atoms with Crippen LogP contribution in [0.5, 0.6) is 11.5 Å². The minimum Gasteiger partial charge on any atom is -0.486 e. The normalized spacial score (nSPS) is 13.9. The number of carbonyl (C=O) groups excluding carboxylic acids is 4. The fraction of sp³-hybridized carbons (Fsp3) is 0.120. The molecule has 2 heterocycles. The molecule has 0 aromatic heterocycles. The van der Waals surface area contributed by atoms with Crippen LogP contribution in [0.3, 0.4) is 0 Å². The Morgan fingerprint density at radius 3 is 2.37 bits per heavy atom. The molecule has 3 aromatic rings. The summed E-state index contributed by atoms with van der Waals surface area (Å²) >= 11 is 0. The van der Waals surface area contributed by atoms with Gasteiger partial charge in [-0.15, -0.1) is 0 Å². The standard InChI is InChI=1S/C25H17FN2O7/c26-15-2-5-17(6-3-15)28-23(30)18-7-1-14(11-19(18)24(28)31)25(32)35-13-22(29)27-16-4-8-20-21(12-16)34-10-9-33-20/h1-8,11-12H,9-10,13H2,(H,27,29). The van der Waals surface area contributed by atoms with Crippen molar-refractivity contribution in [3.8, 4) is 11.5 Å². The first-order valence-corrected chi connectivity index (χ1v) is 10.6. The first-order chi connectivity index (χ1) is 16.9. The third-order valence-corrected chi connectivity index (χ3v) is 5.37. The summed E-state index contributed by atoms with van der Waals surface area (Å²) < 4.78 is 29.2. The van der Waals surface area contributed by atoms with Crippen LogP contribution >= 0.6 is 0 Å². The van der Waals surface area contributed by atoms with Crippen LogP contribution in [0.1, 0.15) is 31.1 Å². The van der Waals surface area contributed by atoms with E-state index in [2.05, 4.69) is 5.32 Å². The van der Waals surface area contributed by atoms with E-state index in [0.29, 0.717) is 30.4 Å². The fourth-order valence-corrected chi connectivity index (χ4v) is 3.73. The van der Waals surface area contributed by atoms with Crippen LogP contribution in [0, 0.1) is 5.82 Å². The number of hydrogen-bond acceptors (Lipinski definition) is 7. The van der Waals surface area contributed by atoms with Crippen LogP contribution in [-0.4, -0.2) is 43.5 Å². The first kappa shape index (κ1) is 22.1. The summed E-state index contributed by atoms with van der Waals surface area (Å²) in [6, 6.07) is 13.7. The van der Waals surface area contributed by atoms with Crippen molar-refractivity contribution in [3.05, 3.63) is 83.2 Å². The smallest absolute Gasteiger partial charge is 0.338 e. The minimum atomic E-state index is -0.842. The molecule has 0 unspecified atom stereocenters. The molecule has 1 N–H and O–H groups in total. The van der Waals surface area contributed by atoms with Crippen molar-refractivity contribution in [3.63, 3.8) is 0 Å². The number of halogens is 1. The Hall–Kier alpha value is -4.73. The zero-order valence-electron chi connectivity index (χ0n) is 18.1. The van der Waals surface area contributed by atoms with Crippen molar-refractivity contribution in [2.75, 3.05) is 30.0 Å². The predicted molar refractivity (Wildman–Crippen MR) is 120 cm³/mol. The molecule has 0 saturated heterocycles. The van der Waals surface area contributed by atoms with E-state index in [1.54, 1.807) is 18.2 Å². The summed E-state index contributed by atoms with van der Waals surface area (Å²) in [7, 11) is 0. The molecule has 2 aliphatic rings. The molecule has 10 heteroatoms. The molecule has 0 bridgehead atoms. The molecular formula is C25H17FN2O7. The van der Waals surface area contributed by atoms with Crippen molar-refractivity contribution < 1.29 is 37.8 Å². The zero-order valence-corrected chi connectivity index (χ0v) is 18.1. The van der Waals surface area contributed by atoms with Crippen molar-refractivity contribution in [2.45, 2.75) is 0 Å². The Morgan fingerprint density at radius 2 is 1.60 bits per heavy atom. The van der Waals surface area contributed by atoms with Crippen LogP contribution in [0.2, 0.25) is 0 Å². The van der Waals surface area contributed by atoms with Gasteiger partial charge < -0.3 is 19.5 Å². The van der Waals surface area contributed by atoms with E-state index in [1.807, 2.05) is 0 Å². The number of benzene rings is 3. The summed E-state index contributed by atoms with van der Waals surface area (Å²) in [4.78, 5) is 51.1. The second-order valence-electron chi connectivity index (χ2n) is 7.67. The average Bonchev–Trinajstić information content (AvgIpc) is 3.12. The molecule has 176 valence electrons. The average molecular weight is 476 g/mol. The Kier molecular flexibility index (Phi) is 5.61. The highest BCUT2D eigenvalue weighted by Crippen LogP contribution is 2.33. The van der Waals surface area contributed by atoms with E-state index in [4.69, 9.17) is 14.2 Å². The summed E-state index contributed by atoms with van der Waals surface area (Å²) in [5.74, 6) is -2.09. The van der Waals surface area contributed by atoms with Gasteiger partial charge in [-0.2, -0.15) is 0 Å². The van der Waals surface area contributed by atoms with Gasteiger partial charge in [-0.1, -0.05) is 0 Å². The number of ether oxygens (including phenoxy) is 3. The lowest BCUT2D eigenvalue weighted by Crippen LogP contribution is -2.29. The minimum absolute atomic E-state index is 0.00187. The molecule has 0 spiro atoms. The fourth-order valence-electron chi connectivity index (χ4n) is 3.73. The molecule has 0 aliphatic carbocycles. The van der Waals surface area contributed by atoms with Gasteiger partial charge in [0.1, 0.15) is 19.0 Å². The van der Waals surface area contributed by atoms with Crippen molar-refractivity contribution in [1.82, 2.24) is 0 Å². The predicted octanol–water partition coefficient (Wildman–Crippen LogP) is 3.19. The van der Waals surface area contributed by atoms with Gasteiger partial charge in [-0.3, -0.25) is 14.4 Å². The molecule has 0 atom stereocenters. The van der Waals surface area contributed by atoms with E-state index >= 15 is 0 Å². The van der Waals surface area contributed by atoms with Crippen LogP contribution in [-0.2, 0) is 9.53 Å². The summed E-state index contributed by atoms with van der Waals surface area (Å²) in [6.45, 7) is 0.277. The van der Waals surface area contributed by atoms with Crippen molar-refractivity contribution in [2.24, 2.45) is 0 Å². The van der Waals surface area contributed by atoms with Crippen LogP contribution in [0.15, 0.2) is 60.7 Å². The molecule has 0 fully saturated rings. The monoisotopic (exact) mass is 476 g/mol. The maximum absolute atomic E-state index is 13.2. The van der Waals surface area contributed by atoms with Gasteiger partial charge in [0.05, 0.1) is 22.4 Å². The van der Waals surface area contributed by atoms with Gasteiger partial charge in [-0.05, 0) is 54.6 Å². The van der Waals surface area contributed by atoms with Gasteiger partial charge in [0.2, 0.25) is 0 Å². The van der Waals surface area contributed by atoms with Gasteiger partial charge in [-0.25, -0.2) is 14.1 Å². The van der Waals surface area contributed by atoms with Crippen LogP contribution in [0.4, 0.5) is 15.8 Å². The van der Waals surface area contributed by atoms with E-state index in [1.165, 1.54) is 30.3 Å². The van der Waals surface area contributed by atoms with E-state index in [-0.39, 0.29) is 22.4 Å². The Balaban J connectivity index is 1.24. The molecule has 35 heavy (non-hydrogen) atoms. The number of imide groups is 1. The lowest BCUT2D eigenvalue weighted by molar-refractivity contribution is -0.119. The largest absolute Gasteiger partial charge is 0.486 e. The maximum Gasteiger partial charge on any atom is 0.338 e. The van der Waals surface area contributed by atoms with E-state index in [9.17, 15) is 23.6 Å². The second kappa shape index (κ2) is 8.90. The van der Waals surface area contributed by atoms with Gasteiger partial charge in [0, 0.05) is 11.8 Å². The lowest BCUT2D eigenvalue weighted by Gasteiger charge is -2.19. The van der Waals surface area contributed by atoms with Gasteiger partial charge in [0.25, 0.3) is 17.7 Å². The van der Waals surface area contributed by atoms with Crippen LogP contribution in [0.25, 0.3) is 0 Å². The first-order valence-electron chi connectivity index (χ1n) is 10.6. The molecule has 3 aromatic carbocycles. The Bertz CT molecular complexity index is 1370. The summed E-state index contributed by atoms with van der Waals surface area (Å²) in [5.41, 5.74) is 0.759. The van der Waals surface area contributed by atoms with Gasteiger partial charge >= 0.3 is 5.97 Å².